The molecule has 0 aliphatic rings. The van der Waals surface area contributed by atoms with Gasteiger partial charge in [-0.2, -0.15) is 0 Å². The number of benzene rings is 2. The van der Waals surface area contributed by atoms with E-state index in [-0.39, 0.29) is 5.66 Å². The summed E-state index contributed by atoms with van der Waals surface area (Å²) in [6, 6.07) is 17.0. The van der Waals surface area contributed by atoms with Crippen LogP contribution in [0.5, 0.6) is 0 Å². The molecule has 0 saturated heterocycles. The molecule has 0 fully saturated rings. The Labute approximate surface area is 140 Å². The highest BCUT2D eigenvalue weighted by atomic mass is 31.2. The third kappa shape index (κ3) is 4.54. The Hall–Kier alpha value is -1.41. The van der Waals surface area contributed by atoms with Crippen molar-refractivity contribution in [2.24, 2.45) is 0 Å². The Morgan fingerprint density at radius 3 is 2.22 bits per heavy atom. The molecule has 0 radical (unpaired) electrons. The monoisotopic (exact) mass is 331 g/mol. The van der Waals surface area contributed by atoms with Crippen molar-refractivity contribution in [2.75, 3.05) is 25.6 Å². The normalized spacial score (nSPS) is 12.4. The van der Waals surface area contributed by atoms with Crippen molar-refractivity contribution in [3.8, 4) is 0 Å². The van der Waals surface area contributed by atoms with E-state index in [4.69, 9.17) is 9.05 Å². The van der Waals surface area contributed by atoms with Crippen molar-refractivity contribution in [1.29, 1.82) is 0 Å². The van der Waals surface area contributed by atoms with Gasteiger partial charge in [0.2, 0.25) is 0 Å². The average molecular weight is 331 g/mol. The zero-order valence-electron chi connectivity index (χ0n) is 14.4. The number of hydrogen-bond acceptors (Lipinski definition) is 3. The van der Waals surface area contributed by atoms with E-state index in [1.54, 1.807) is 0 Å². The lowest BCUT2D eigenvalue weighted by Gasteiger charge is -2.28. The summed E-state index contributed by atoms with van der Waals surface area (Å²) in [5.41, 5.74) is 4.90. The van der Waals surface area contributed by atoms with Crippen LogP contribution in [0.1, 0.15) is 36.2 Å². The fourth-order valence-corrected chi connectivity index (χ4v) is 4.36. The quantitative estimate of drug-likeness (QED) is 0.647. The number of nitrogens with one attached hydrogen (secondary N) is 1. The highest BCUT2D eigenvalue weighted by molar-refractivity contribution is 7.48. The van der Waals surface area contributed by atoms with Crippen LogP contribution in [0.15, 0.2) is 48.5 Å². The largest absolute Gasteiger partial charge is 0.388 e. The molecule has 0 saturated carbocycles. The molecule has 1 unspecified atom stereocenters. The molecule has 124 valence electrons. The molecule has 2 rings (SSSR count). The van der Waals surface area contributed by atoms with Gasteiger partial charge in [0, 0.05) is 12.7 Å². The van der Waals surface area contributed by atoms with E-state index in [1.165, 1.54) is 16.7 Å². The number of hydrogen-bond donors (Lipinski definition) is 1. The average Bonchev–Trinajstić information content (AvgIpc) is 2.57. The summed E-state index contributed by atoms with van der Waals surface area (Å²) in [4.78, 5) is 0. The summed E-state index contributed by atoms with van der Waals surface area (Å²) >= 11 is 0. The molecular formula is C19H26NO2P. The molecule has 3 nitrogen and oxygen atoms in total. The number of rotatable bonds is 8. The number of anilines is 1. The van der Waals surface area contributed by atoms with E-state index in [0.717, 1.165) is 5.69 Å². The molecule has 0 aliphatic carbocycles. The molecule has 23 heavy (non-hydrogen) atoms. The van der Waals surface area contributed by atoms with E-state index >= 15 is 0 Å². The topological polar surface area (TPSA) is 30.5 Å². The van der Waals surface area contributed by atoms with Crippen molar-refractivity contribution < 1.29 is 9.05 Å². The number of aryl methyl sites for hydroxylation is 1. The lowest BCUT2D eigenvalue weighted by molar-refractivity contribution is 0.265. The summed E-state index contributed by atoms with van der Waals surface area (Å²) < 4.78 is 12.0. The molecule has 1 N–H and O–H groups in total. The SMILES string of the molecule is CCOP(OCC)C(c1ccccc1)c1cc(C)ccc1NC. The third-order valence-corrected chi connectivity index (χ3v) is 5.63. The zero-order valence-corrected chi connectivity index (χ0v) is 15.3. The molecule has 0 aliphatic heterocycles. The zero-order chi connectivity index (χ0) is 16.7. The molecule has 0 heterocycles. The standard InChI is InChI=1S/C19H26NO2P/c1-5-21-23(22-6-2)19(16-10-8-7-9-11-16)17-14-15(3)12-13-18(17)20-4/h7-14,19-20H,5-6H2,1-4H3. The fourth-order valence-electron chi connectivity index (χ4n) is 2.63. The highest BCUT2D eigenvalue weighted by Crippen LogP contribution is 2.57. The first-order valence-corrected chi connectivity index (χ1v) is 9.34. The predicted molar refractivity (Wildman–Crippen MR) is 99.2 cm³/mol. The van der Waals surface area contributed by atoms with Gasteiger partial charge in [0.25, 0.3) is 0 Å². The lowest BCUT2D eigenvalue weighted by Crippen LogP contribution is -2.08. The molecule has 0 spiro atoms. The van der Waals surface area contributed by atoms with Crippen LogP contribution < -0.4 is 5.32 Å². The molecule has 0 aromatic heterocycles. The van der Waals surface area contributed by atoms with Crippen LogP contribution in [0.4, 0.5) is 5.69 Å². The molecule has 4 heteroatoms. The van der Waals surface area contributed by atoms with Crippen LogP contribution in [0, 0.1) is 6.92 Å². The first-order chi connectivity index (χ1) is 11.2. The molecule has 2 aromatic carbocycles. The Kier molecular flexibility index (Phi) is 7.04. The highest BCUT2D eigenvalue weighted by Gasteiger charge is 2.29. The molecule has 0 amide bonds. The summed E-state index contributed by atoms with van der Waals surface area (Å²) in [5.74, 6) is 0. The summed E-state index contributed by atoms with van der Waals surface area (Å²) in [6.45, 7) is 7.46. The minimum Gasteiger partial charge on any atom is -0.388 e. The Bertz CT molecular complexity index is 598. The van der Waals surface area contributed by atoms with Crippen LogP contribution in [-0.4, -0.2) is 20.3 Å². The van der Waals surface area contributed by atoms with Crippen molar-refractivity contribution in [3.63, 3.8) is 0 Å². The smallest absolute Gasteiger partial charge is 0.183 e. The summed E-state index contributed by atoms with van der Waals surface area (Å²) in [6.07, 6.45) is 0. The molecular weight excluding hydrogens is 305 g/mol. The van der Waals surface area contributed by atoms with Gasteiger partial charge in [-0.25, -0.2) is 0 Å². The van der Waals surface area contributed by atoms with Gasteiger partial charge in [0.05, 0.1) is 18.9 Å². The van der Waals surface area contributed by atoms with Crippen LogP contribution in [0.25, 0.3) is 0 Å². The first kappa shape index (κ1) is 17.9. The van der Waals surface area contributed by atoms with Crippen LogP contribution in [0.3, 0.4) is 0 Å². The summed E-state index contributed by atoms with van der Waals surface area (Å²) in [7, 11) is 0.907. The van der Waals surface area contributed by atoms with Gasteiger partial charge in [-0.3, -0.25) is 0 Å². The van der Waals surface area contributed by atoms with E-state index in [1.807, 2.05) is 27.0 Å². The maximum Gasteiger partial charge on any atom is 0.183 e. The van der Waals surface area contributed by atoms with Gasteiger partial charge in [0.1, 0.15) is 0 Å². The summed E-state index contributed by atoms with van der Waals surface area (Å²) in [5, 5.41) is 3.31. The minimum atomic E-state index is -1.05. The predicted octanol–water partition coefficient (Wildman–Crippen LogP) is 5.51. The van der Waals surface area contributed by atoms with Gasteiger partial charge in [-0.15, -0.1) is 0 Å². The van der Waals surface area contributed by atoms with Crippen molar-refractivity contribution >= 4 is 14.1 Å². The van der Waals surface area contributed by atoms with Gasteiger partial charge >= 0.3 is 0 Å². The fraction of sp³-hybridized carbons (Fsp3) is 0.368. The molecule has 2 aromatic rings. The van der Waals surface area contributed by atoms with Gasteiger partial charge in [0.15, 0.2) is 8.38 Å². The third-order valence-electron chi connectivity index (χ3n) is 3.61. The second-order valence-electron chi connectivity index (χ2n) is 5.27. The van der Waals surface area contributed by atoms with Crippen molar-refractivity contribution in [2.45, 2.75) is 26.4 Å². The Balaban J connectivity index is 2.55. The van der Waals surface area contributed by atoms with Crippen molar-refractivity contribution in [3.05, 3.63) is 65.2 Å². The van der Waals surface area contributed by atoms with Crippen LogP contribution in [0.2, 0.25) is 0 Å². The van der Waals surface area contributed by atoms with E-state index < -0.39 is 8.38 Å². The second-order valence-corrected chi connectivity index (χ2v) is 6.88. The van der Waals surface area contributed by atoms with Crippen LogP contribution >= 0.6 is 8.38 Å². The van der Waals surface area contributed by atoms with Gasteiger partial charge in [-0.05, 0) is 38.0 Å². The molecule has 0 bridgehead atoms. The maximum absolute atomic E-state index is 6.01. The first-order valence-electron chi connectivity index (χ1n) is 8.09. The Morgan fingerprint density at radius 2 is 1.65 bits per heavy atom. The van der Waals surface area contributed by atoms with Gasteiger partial charge in [-0.1, -0.05) is 48.0 Å². The van der Waals surface area contributed by atoms with E-state index in [0.29, 0.717) is 13.2 Å². The molecule has 1 atom stereocenters. The lowest BCUT2D eigenvalue weighted by atomic mass is 10.0. The van der Waals surface area contributed by atoms with E-state index in [2.05, 4.69) is 54.7 Å². The second kappa shape index (κ2) is 9.02. The minimum absolute atomic E-state index is 0.0912. The van der Waals surface area contributed by atoms with Crippen molar-refractivity contribution in [1.82, 2.24) is 0 Å². The maximum atomic E-state index is 6.01. The Morgan fingerprint density at radius 1 is 1.00 bits per heavy atom. The van der Waals surface area contributed by atoms with Gasteiger partial charge < -0.3 is 14.4 Å². The van der Waals surface area contributed by atoms with Crippen LogP contribution in [-0.2, 0) is 9.05 Å². The van der Waals surface area contributed by atoms with E-state index in [9.17, 15) is 0 Å².